The minimum atomic E-state index is -4.94. The molecule has 3 aromatic rings. The molecule has 0 saturated heterocycles. The molecule has 3 heterocycles. The van der Waals surface area contributed by atoms with Crippen molar-refractivity contribution in [2.24, 2.45) is 0 Å². The van der Waals surface area contributed by atoms with Crippen molar-refractivity contribution >= 4 is 0 Å². The van der Waals surface area contributed by atoms with Crippen molar-refractivity contribution in [3.8, 4) is 0 Å². The molecule has 0 aromatic carbocycles. The first-order valence-corrected chi connectivity index (χ1v) is 14.5. The Labute approximate surface area is 257 Å². The second-order valence-corrected chi connectivity index (χ2v) is 10.2. The number of nitrogens with one attached hydrogen (secondary N) is 3. The average Bonchev–Trinajstić information content (AvgIpc) is 2.89. The van der Waals surface area contributed by atoms with Gasteiger partial charge in [0.1, 0.15) is 0 Å². The summed E-state index contributed by atoms with van der Waals surface area (Å²) in [5.74, 6) is 0. The number of halogens is 2. The van der Waals surface area contributed by atoms with Gasteiger partial charge in [-0.3, -0.25) is 15.0 Å². The van der Waals surface area contributed by atoms with E-state index in [1.807, 2.05) is 55.0 Å². The maximum atomic E-state index is 8.49. The number of aromatic nitrogens is 3. The van der Waals surface area contributed by atoms with E-state index in [0.29, 0.717) is 18.1 Å². The Kier molecular flexibility index (Phi) is 19.9. The summed E-state index contributed by atoms with van der Waals surface area (Å²) in [7, 11) is -9.89. The van der Waals surface area contributed by atoms with Crippen LogP contribution in [0.15, 0.2) is 73.2 Å². The fraction of sp³-hybridized carbons (Fsp3) is 0.375. The standard InChI is InChI=1S/C24H30N6.2ClHO4.Cu.H2O/c1-4-10-25-19(7-1)16-28-22-13-23(29-17-20-8-2-5-11-26-20)15-24(14-22)30-18-21-9-3-6-12-27-21;2*2-1(3,4)5;;/h1-12,22-24,28-30H,13-18H2;2*(H,2,3,4,5);;1H2/q;;;+2;/p-2. The van der Waals surface area contributed by atoms with E-state index < -0.39 is 20.5 Å². The molecule has 0 bridgehead atoms. The van der Waals surface area contributed by atoms with E-state index in [-0.39, 0.29) is 22.5 Å². The van der Waals surface area contributed by atoms with Gasteiger partial charge in [-0.05, 0) is 55.7 Å². The molecule has 237 valence electrons. The molecule has 0 amide bonds. The van der Waals surface area contributed by atoms with Gasteiger partial charge in [0.2, 0.25) is 0 Å². The van der Waals surface area contributed by atoms with Crippen molar-refractivity contribution in [1.29, 1.82) is 0 Å². The zero-order valence-corrected chi connectivity index (χ0v) is 24.5. The Morgan fingerprint density at radius 3 is 0.952 bits per heavy atom. The number of nitrogens with zero attached hydrogens (tertiary/aromatic N) is 3. The molecule has 1 aliphatic carbocycles. The van der Waals surface area contributed by atoms with Gasteiger partial charge in [-0.2, -0.15) is 0 Å². The topological polar surface area (TPSA) is 291 Å². The molecule has 42 heavy (non-hydrogen) atoms. The van der Waals surface area contributed by atoms with Crippen LogP contribution in [0, 0.1) is 20.5 Å². The average molecular weight is 683 g/mol. The van der Waals surface area contributed by atoms with E-state index in [0.717, 1.165) is 56.0 Å². The molecule has 18 heteroatoms. The first-order valence-electron chi connectivity index (χ1n) is 12.0. The summed E-state index contributed by atoms with van der Waals surface area (Å²) in [6.07, 6.45) is 8.86. The maximum absolute atomic E-state index is 8.49. The number of hydrogen-bond acceptors (Lipinski definition) is 14. The van der Waals surface area contributed by atoms with Crippen LogP contribution in [-0.4, -0.2) is 38.6 Å². The Bertz CT molecular complexity index is 927. The molecule has 0 spiro atoms. The normalized spacial score (nSPS) is 18.1. The third kappa shape index (κ3) is 21.7. The molecule has 4 rings (SSSR count). The molecule has 3 aromatic heterocycles. The van der Waals surface area contributed by atoms with Gasteiger partial charge in [0.15, 0.2) is 0 Å². The first kappa shape index (κ1) is 40.1. The molecular weight excluding hydrogens is 651 g/mol. The predicted octanol–water partition coefficient (Wildman–Crippen LogP) is -7.51. The summed E-state index contributed by atoms with van der Waals surface area (Å²) >= 11 is 0. The van der Waals surface area contributed by atoms with Gasteiger partial charge in [0.25, 0.3) is 0 Å². The summed E-state index contributed by atoms with van der Waals surface area (Å²) in [6.45, 7) is 2.39. The van der Waals surface area contributed by atoms with Crippen LogP contribution in [0.1, 0.15) is 36.3 Å². The molecule has 0 aliphatic heterocycles. The third-order valence-electron chi connectivity index (χ3n) is 5.60. The summed E-state index contributed by atoms with van der Waals surface area (Å²) in [6, 6.07) is 19.5. The Hall–Kier alpha value is -1.93. The molecule has 1 fully saturated rings. The summed E-state index contributed by atoms with van der Waals surface area (Å²) in [4.78, 5) is 13.3. The van der Waals surface area contributed by atoms with Gasteiger partial charge < -0.3 is 21.4 Å². The Morgan fingerprint density at radius 2 is 0.762 bits per heavy atom. The van der Waals surface area contributed by atoms with Crippen LogP contribution < -0.4 is 53.2 Å². The van der Waals surface area contributed by atoms with Gasteiger partial charge in [-0.1, -0.05) is 18.2 Å². The Balaban J connectivity index is 0.00000122. The van der Waals surface area contributed by atoms with Crippen molar-refractivity contribution in [2.45, 2.75) is 57.0 Å². The SMILES string of the molecule is O.[Cu+2].[O-][Cl+3]([O-])([O-])[O-].[O-][Cl+3]([O-])([O-])[O-].c1ccc(CNC2CC(NCc3ccccn3)CC(NCc3ccccn3)C2)nc1. The maximum Gasteiger partial charge on any atom is 2.00 e. The van der Waals surface area contributed by atoms with Gasteiger partial charge in [-0.25, -0.2) is 37.3 Å². The quantitative estimate of drug-likeness (QED) is 0.177. The molecule has 1 saturated carbocycles. The molecule has 0 unspecified atom stereocenters. The first-order chi connectivity index (χ1) is 18.8. The smallest absolute Gasteiger partial charge is 0.412 e. The van der Waals surface area contributed by atoms with Gasteiger partial charge in [-0.15, -0.1) is 20.5 Å². The molecule has 0 atom stereocenters. The van der Waals surface area contributed by atoms with Gasteiger partial charge in [0.05, 0.1) is 17.1 Å². The van der Waals surface area contributed by atoms with E-state index in [9.17, 15) is 0 Å². The minimum Gasteiger partial charge on any atom is -0.412 e. The second kappa shape index (κ2) is 20.9. The van der Waals surface area contributed by atoms with E-state index in [4.69, 9.17) is 37.3 Å². The molecular formula is C24H32Cl2CuN6O9. The summed E-state index contributed by atoms with van der Waals surface area (Å²) in [5.41, 5.74) is 3.25. The zero-order valence-electron chi connectivity index (χ0n) is 22.1. The van der Waals surface area contributed by atoms with Gasteiger partial charge >= 0.3 is 17.1 Å². The molecule has 1 aliphatic rings. The van der Waals surface area contributed by atoms with Crippen LogP contribution in [-0.2, 0) is 36.7 Å². The summed E-state index contributed by atoms with van der Waals surface area (Å²) < 4.78 is 67.9. The van der Waals surface area contributed by atoms with Crippen molar-refractivity contribution in [2.75, 3.05) is 0 Å². The molecule has 15 nitrogen and oxygen atoms in total. The van der Waals surface area contributed by atoms with E-state index in [1.165, 1.54) is 0 Å². The van der Waals surface area contributed by atoms with Gasteiger partial charge in [0, 0.05) is 56.4 Å². The largest absolute Gasteiger partial charge is 2.00 e. The molecule has 5 N–H and O–H groups in total. The predicted molar refractivity (Wildman–Crippen MR) is 122 cm³/mol. The van der Waals surface area contributed by atoms with Crippen molar-refractivity contribution in [3.05, 3.63) is 90.3 Å². The van der Waals surface area contributed by atoms with Crippen molar-refractivity contribution in [1.82, 2.24) is 30.9 Å². The summed E-state index contributed by atoms with van der Waals surface area (Å²) in [5, 5.41) is 11.2. The number of pyridine rings is 3. The minimum absolute atomic E-state index is 0. The van der Waals surface area contributed by atoms with Crippen LogP contribution in [0.4, 0.5) is 0 Å². The van der Waals surface area contributed by atoms with Crippen LogP contribution in [0.3, 0.4) is 0 Å². The number of hydrogen-bond donors (Lipinski definition) is 3. The Morgan fingerprint density at radius 1 is 0.524 bits per heavy atom. The fourth-order valence-corrected chi connectivity index (χ4v) is 4.07. The third-order valence-corrected chi connectivity index (χ3v) is 5.60. The van der Waals surface area contributed by atoms with Crippen LogP contribution in [0.2, 0.25) is 0 Å². The van der Waals surface area contributed by atoms with E-state index >= 15 is 0 Å². The zero-order chi connectivity index (χ0) is 29.4. The number of rotatable bonds is 9. The van der Waals surface area contributed by atoms with Crippen molar-refractivity contribution in [3.63, 3.8) is 0 Å². The van der Waals surface area contributed by atoms with E-state index in [2.05, 4.69) is 49.1 Å². The fourth-order valence-electron chi connectivity index (χ4n) is 4.07. The second-order valence-electron chi connectivity index (χ2n) is 8.66. The van der Waals surface area contributed by atoms with Crippen LogP contribution in [0.5, 0.6) is 0 Å². The van der Waals surface area contributed by atoms with Crippen LogP contribution >= 0.6 is 0 Å². The van der Waals surface area contributed by atoms with Crippen LogP contribution in [0.25, 0.3) is 0 Å². The molecule has 1 radical (unpaired) electrons. The van der Waals surface area contributed by atoms with Crippen molar-refractivity contribution < 1.29 is 80.3 Å². The monoisotopic (exact) mass is 681 g/mol. The van der Waals surface area contributed by atoms with E-state index in [1.54, 1.807) is 0 Å².